The van der Waals surface area contributed by atoms with Crippen LogP contribution in [0.15, 0.2) is 36.7 Å². The van der Waals surface area contributed by atoms with Crippen molar-refractivity contribution in [1.82, 2.24) is 15.0 Å². The number of rotatable bonds is 7. The first-order valence-corrected chi connectivity index (χ1v) is 8.63. The molecule has 0 bridgehead atoms. The number of benzene rings is 2. The number of ether oxygens (including phenoxy) is 5. The first-order chi connectivity index (χ1) is 14.2. The molecule has 0 amide bonds. The minimum atomic E-state index is 0.216. The maximum atomic E-state index is 5.38. The van der Waals surface area contributed by atoms with Crippen LogP contribution in [0.4, 0.5) is 23.3 Å². The summed E-state index contributed by atoms with van der Waals surface area (Å²) >= 11 is 0. The quantitative estimate of drug-likeness (QED) is 0.617. The van der Waals surface area contributed by atoms with Crippen LogP contribution in [0.5, 0.6) is 28.7 Å². The molecule has 0 saturated heterocycles. The number of fused-ring (bicyclic) bond motifs is 1. The van der Waals surface area contributed by atoms with Gasteiger partial charge in [-0.2, -0.15) is 4.98 Å². The van der Waals surface area contributed by atoms with Gasteiger partial charge in [-0.3, -0.25) is 0 Å². The molecule has 0 fully saturated rings. The molecule has 0 saturated carbocycles. The summed E-state index contributed by atoms with van der Waals surface area (Å²) in [5, 5.41) is 6.23. The zero-order valence-corrected chi connectivity index (χ0v) is 16.1. The molecule has 0 spiro atoms. The number of nitrogens with one attached hydrogen (secondary N) is 2. The van der Waals surface area contributed by atoms with Crippen LogP contribution < -0.4 is 34.3 Å². The molecule has 2 N–H and O–H groups in total. The summed E-state index contributed by atoms with van der Waals surface area (Å²) in [6.07, 6.45) is 1.41. The highest BCUT2D eigenvalue weighted by Crippen LogP contribution is 2.40. The average molecular weight is 397 g/mol. The van der Waals surface area contributed by atoms with E-state index in [0.717, 1.165) is 5.69 Å². The Kier molecular flexibility index (Phi) is 5.06. The highest BCUT2D eigenvalue weighted by Gasteiger charge is 2.15. The van der Waals surface area contributed by atoms with Gasteiger partial charge in [0, 0.05) is 29.6 Å². The predicted octanol–water partition coefficient (Wildman–Crippen LogP) is 3.11. The number of hydrogen-bond donors (Lipinski definition) is 2. The smallest absolute Gasteiger partial charge is 0.232 e. The van der Waals surface area contributed by atoms with Crippen LogP contribution in [-0.2, 0) is 0 Å². The Labute approximate surface area is 166 Å². The van der Waals surface area contributed by atoms with E-state index < -0.39 is 0 Å². The van der Waals surface area contributed by atoms with Crippen molar-refractivity contribution in [2.75, 3.05) is 38.8 Å². The Morgan fingerprint density at radius 1 is 0.793 bits per heavy atom. The molecule has 1 aliphatic heterocycles. The Bertz CT molecular complexity index is 1000. The fourth-order valence-corrected chi connectivity index (χ4v) is 2.80. The third-order valence-electron chi connectivity index (χ3n) is 4.12. The summed E-state index contributed by atoms with van der Waals surface area (Å²) in [4.78, 5) is 12.7. The third-order valence-corrected chi connectivity index (χ3v) is 4.12. The van der Waals surface area contributed by atoms with Gasteiger partial charge in [0.25, 0.3) is 0 Å². The van der Waals surface area contributed by atoms with E-state index in [1.54, 1.807) is 33.5 Å². The van der Waals surface area contributed by atoms with E-state index in [9.17, 15) is 0 Å². The largest absolute Gasteiger partial charge is 0.493 e. The summed E-state index contributed by atoms with van der Waals surface area (Å²) in [5.74, 6) is 3.62. The second kappa shape index (κ2) is 7.97. The molecule has 2 heterocycles. The maximum Gasteiger partial charge on any atom is 0.232 e. The van der Waals surface area contributed by atoms with Gasteiger partial charge in [0.05, 0.1) is 21.3 Å². The number of methoxy groups -OCH3 is 3. The predicted molar refractivity (Wildman–Crippen MR) is 105 cm³/mol. The van der Waals surface area contributed by atoms with Crippen LogP contribution in [0.2, 0.25) is 0 Å². The molecule has 3 aromatic rings. The highest BCUT2D eigenvalue weighted by molar-refractivity contribution is 5.66. The summed E-state index contributed by atoms with van der Waals surface area (Å²) in [6.45, 7) is 0.216. The topological polar surface area (TPSA) is 109 Å². The van der Waals surface area contributed by atoms with Gasteiger partial charge >= 0.3 is 0 Å². The summed E-state index contributed by atoms with van der Waals surface area (Å²) in [6, 6.07) is 9.01. The minimum Gasteiger partial charge on any atom is -0.493 e. The average Bonchev–Trinajstić information content (AvgIpc) is 3.21. The SMILES string of the molecule is COc1cc(Nc2ncnc(Nc3ccc4c(c3)OCO4)n2)cc(OC)c1OC. The lowest BCUT2D eigenvalue weighted by Gasteiger charge is -2.14. The molecule has 10 nitrogen and oxygen atoms in total. The molecule has 1 aromatic heterocycles. The van der Waals surface area contributed by atoms with E-state index >= 15 is 0 Å². The van der Waals surface area contributed by atoms with Crippen LogP contribution in [-0.4, -0.2) is 43.1 Å². The van der Waals surface area contributed by atoms with Gasteiger partial charge in [-0.05, 0) is 12.1 Å². The van der Waals surface area contributed by atoms with Gasteiger partial charge in [-0.1, -0.05) is 0 Å². The zero-order valence-electron chi connectivity index (χ0n) is 16.1. The van der Waals surface area contributed by atoms with Crippen LogP contribution in [0.25, 0.3) is 0 Å². The van der Waals surface area contributed by atoms with Crippen molar-refractivity contribution in [3.63, 3.8) is 0 Å². The van der Waals surface area contributed by atoms with Gasteiger partial charge in [-0.25, -0.2) is 9.97 Å². The number of anilines is 4. The lowest BCUT2D eigenvalue weighted by molar-refractivity contribution is 0.174. The van der Waals surface area contributed by atoms with E-state index in [1.807, 2.05) is 18.2 Å². The molecular formula is C19H19N5O5. The molecule has 0 radical (unpaired) electrons. The standard InChI is InChI=1S/C19H19N5O5/c1-25-15-7-12(8-16(26-2)17(15)27-3)23-19-21-9-20-18(24-19)22-11-4-5-13-14(6-11)29-10-28-13/h4-9H,10H2,1-3H3,(H2,20,21,22,23,24). The molecule has 29 heavy (non-hydrogen) atoms. The summed E-state index contributed by atoms with van der Waals surface area (Å²) < 4.78 is 26.8. The van der Waals surface area contributed by atoms with Crippen LogP contribution in [0.1, 0.15) is 0 Å². The highest BCUT2D eigenvalue weighted by atomic mass is 16.7. The lowest BCUT2D eigenvalue weighted by atomic mass is 10.2. The Hall–Kier alpha value is -3.95. The Balaban J connectivity index is 1.55. The van der Waals surface area contributed by atoms with Crippen molar-refractivity contribution in [1.29, 1.82) is 0 Å². The van der Waals surface area contributed by atoms with Crippen molar-refractivity contribution < 1.29 is 23.7 Å². The van der Waals surface area contributed by atoms with Crippen molar-refractivity contribution in [2.24, 2.45) is 0 Å². The summed E-state index contributed by atoms with van der Waals surface area (Å²) in [7, 11) is 4.66. The second-order valence-corrected chi connectivity index (χ2v) is 5.86. The van der Waals surface area contributed by atoms with Crippen molar-refractivity contribution in [2.45, 2.75) is 0 Å². The monoisotopic (exact) mass is 397 g/mol. The van der Waals surface area contributed by atoms with Gasteiger partial charge in [0.2, 0.25) is 24.4 Å². The zero-order chi connectivity index (χ0) is 20.2. The molecule has 2 aromatic carbocycles. The number of aromatic nitrogens is 3. The molecule has 0 atom stereocenters. The van der Waals surface area contributed by atoms with Crippen molar-refractivity contribution in [3.8, 4) is 28.7 Å². The van der Waals surface area contributed by atoms with E-state index in [2.05, 4.69) is 25.6 Å². The maximum absolute atomic E-state index is 5.38. The van der Waals surface area contributed by atoms with Gasteiger partial charge in [0.1, 0.15) is 6.33 Å². The molecule has 4 rings (SSSR count). The summed E-state index contributed by atoms with van der Waals surface area (Å²) in [5.41, 5.74) is 1.43. The first-order valence-electron chi connectivity index (χ1n) is 8.63. The van der Waals surface area contributed by atoms with Crippen molar-refractivity contribution in [3.05, 3.63) is 36.7 Å². The lowest BCUT2D eigenvalue weighted by Crippen LogP contribution is -2.03. The fraction of sp³-hybridized carbons (Fsp3) is 0.211. The van der Waals surface area contributed by atoms with Crippen LogP contribution in [0, 0.1) is 0 Å². The second-order valence-electron chi connectivity index (χ2n) is 5.86. The number of nitrogens with zero attached hydrogens (tertiary/aromatic N) is 3. The van der Waals surface area contributed by atoms with Gasteiger partial charge in [0.15, 0.2) is 23.0 Å². The van der Waals surface area contributed by atoms with Crippen LogP contribution in [0.3, 0.4) is 0 Å². The molecule has 10 heteroatoms. The molecular weight excluding hydrogens is 378 g/mol. The third kappa shape index (κ3) is 3.86. The van der Waals surface area contributed by atoms with Crippen molar-refractivity contribution >= 4 is 23.3 Å². The fourth-order valence-electron chi connectivity index (χ4n) is 2.80. The number of hydrogen-bond acceptors (Lipinski definition) is 10. The van der Waals surface area contributed by atoms with Gasteiger partial charge < -0.3 is 34.3 Å². The first kappa shape index (κ1) is 18.4. The van der Waals surface area contributed by atoms with E-state index in [4.69, 9.17) is 23.7 Å². The molecule has 0 aliphatic carbocycles. The minimum absolute atomic E-state index is 0.216. The van der Waals surface area contributed by atoms with E-state index in [-0.39, 0.29) is 6.79 Å². The molecule has 0 unspecified atom stereocenters. The normalized spacial score (nSPS) is 11.7. The Morgan fingerprint density at radius 3 is 2.10 bits per heavy atom. The van der Waals surface area contributed by atoms with Crippen LogP contribution >= 0.6 is 0 Å². The van der Waals surface area contributed by atoms with Gasteiger partial charge in [-0.15, -0.1) is 0 Å². The molecule has 150 valence electrons. The van der Waals surface area contributed by atoms with E-state index in [1.165, 1.54) is 6.33 Å². The molecule has 1 aliphatic rings. The Morgan fingerprint density at radius 2 is 1.45 bits per heavy atom. The van der Waals surface area contributed by atoms with E-state index in [0.29, 0.717) is 46.3 Å².